The van der Waals surface area contributed by atoms with Crippen molar-refractivity contribution in [1.82, 2.24) is 9.55 Å². The lowest BCUT2D eigenvalue weighted by atomic mass is 10.1. The first-order valence-corrected chi connectivity index (χ1v) is 6.50. The van der Waals surface area contributed by atoms with E-state index in [1.807, 2.05) is 28.8 Å². The highest BCUT2D eigenvalue weighted by atomic mass is 32.2. The number of para-hydroxylation sites is 2. The molecule has 90 valence electrons. The van der Waals surface area contributed by atoms with Crippen LogP contribution in [-0.4, -0.2) is 31.6 Å². The summed E-state index contributed by atoms with van der Waals surface area (Å²) >= 11 is 1.54. The molecule has 17 heavy (non-hydrogen) atoms. The minimum atomic E-state index is -0.987. The molecule has 1 aromatic carbocycles. The minimum absolute atomic E-state index is 0.0420. The molecule has 2 unspecified atom stereocenters. The summed E-state index contributed by atoms with van der Waals surface area (Å²) in [6.45, 7) is 1.86. The van der Waals surface area contributed by atoms with E-state index in [4.69, 9.17) is 5.11 Å². The Bertz CT molecular complexity index is 565. The second-order valence-corrected chi connectivity index (χ2v) is 5.60. The molecule has 2 N–H and O–H groups in total. The van der Waals surface area contributed by atoms with Gasteiger partial charge in [-0.15, -0.1) is 0 Å². The van der Waals surface area contributed by atoms with Crippen LogP contribution in [-0.2, 0) is 5.72 Å². The SMILES string of the molecule is CC1(O)C(CCO)Sc2nc3ccccc3n21. The summed E-state index contributed by atoms with van der Waals surface area (Å²) in [5, 5.41) is 20.4. The van der Waals surface area contributed by atoms with Crippen molar-refractivity contribution in [3.63, 3.8) is 0 Å². The summed E-state index contributed by atoms with van der Waals surface area (Å²) in [7, 11) is 0. The van der Waals surface area contributed by atoms with Crippen molar-refractivity contribution in [2.75, 3.05) is 6.61 Å². The number of fused-ring (bicyclic) bond motifs is 3. The molecule has 1 aliphatic rings. The number of rotatable bonds is 2. The number of hydrogen-bond acceptors (Lipinski definition) is 4. The van der Waals surface area contributed by atoms with E-state index in [9.17, 15) is 5.11 Å². The van der Waals surface area contributed by atoms with Gasteiger partial charge in [-0.2, -0.15) is 0 Å². The van der Waals surface area contributed by atoms with Crippen LogP contribution in [0.4, 0.5) is 0 Å². The molecule has 0 saturated carbocycles. The van der Waals surface area contributed by atoms with Crippen molar-refractivity contribution in [1.29, 1.82) is 0 Å². The largest absolute Gasteiger partial charge is 0.396 e. The second-order valence-electron chi connectivity index (χ2n) is 4.43. The predicted molar refractivity (Wildman–Crippen MR) is 66.9 cm³/mol. The van der Waals surface area contributed by atoms with Crippen molar-refractivity contribution < 1.29 is 10.2 Å². The maximum Gasteiger partial charge on any atom is 0.171 e. The zero-order valence-electron chi connectivity index (χ0n) is 9.50. The number of benzene rings is 1. The molecule has 2 heterocycles. The highest BCUT2D eigenvalue weighted by molar-refractivity contribution is 8.00. The first-order valence-electron chi connectivity index (χ1n) is 5.62. The van der Waals surface area contributed by atoms with Crippen LogP contribution >= 0.6 is 11.8 Å². The number of imidazole rings is 1. The van der Waals surface area contributed by atoms with Gasteiger partial charge in [-0.25, -0.2) is 4.98 Å². The summed E-state index contributed by atoms with van der Waals surface area (Å²) in [6.07, 6.45) is 0.565. The topological polar surface area (TPSA) is 58.3 Å². The van der Waals surface area contributed by atoms with Crippen LogP contribution in [0.5, 0.6) is 0 Å². The Morgan fingerprint density at radius 2 is 2.24 bits per heavy atom. The third-order valence-electron chi connectivity index (χ3n) is 3.23. The summed E-state index contributed by atoms with van der Waals surface area (Å²) < 4.78 is 1.87. The second kappa shape index (κ2) is 3.73. The lowest BCUT2D eigenvalue weighted by Gasteiger charge is -2.26. The van der Waals surface area contributed by atoms with Crippen molar-refractivity contribution >= 4 is 22.8 Å². The van der Waals surface area contributed by atoms with Gasteiger partial charge in [-0.3, -0.25) is 4.57 Å². The number of aromatic nitrogens is 2. The number of aliphatic hydroxyl groups excluding tert-OH is 1. The van der Waals surface area contributed by atoms with Gasteiger partial charge in [0.05, 0.1) is 16.3 Å². The Balaban J connectivity index is 2.16. The van der Waals surface area contributed by atoms with Gasteiger partial charge in [0.1, 0.15) is 0 Å². The third-order valence-corrected chi connectivity index (χ3v) is 4.68. The van der Waals surface area contributed by atoms with E-state index in [1.165, 1.54) is 11.8 Å². The van der Waals surface area contributed by atoms with E-state index < -0.39 is 5.72 Å². The van der Waals surface area contributed by atoms with Crippen LogP contribution in [0, 0.1) is 0 Å². The quantitative estimate of drug-likeness (QED) is 0.849. The fraction of sp³-hybridized carbons (Fsp3) is 0.417. The van der Waals surface area contributed by atoms with Gasteiger partial charge in [0.15, 0.2) is 10.9 Å². The summed E-state index contributed by atoms with van der Waals surface area (Å²) in [4.78, 5) is 4.51. The third kappa shape index (κ3) is 1.50. The van der Waals surface area contributed by atoms with E-state index in [1.54, 1.807) is 6.92 Å². The monoisotopic (exact) mass is 250 g/mol. The average molecular weight is 250 g/mol. The molecule has 2 aromatic rings. The smallest absolute Gasteiger partial charge is 0.171 e. The number of hydrogen-bond donors (Lipinski definition) is 2. The molecule has 4 nitrogen and oxygen atoms in total. The van der Waals surface area contributed by atoms with Crippen LogP contribution < -0.4 is 0 Å². The summed E-state index contributed by atoms with van der Waals surface area (Å²) in [5.41, 5.74) is 0.858. The van der Waals surface area contributed by atoms with Gasteiger partial charge in [0.25, 0.3) is 0 Å². The Labute approximate surface area is 103 Å². The van der Waals surface area contributed by atoms with E-state index in [0.29, 0.717) is 6.42 Å². The van der Waals surface area contributed by atoms with Crippen LogP contribution in [0.15, 0.2) is 29.4 Å². The van der Waals surface area contributed by atoms with Crippen molar-refractivity contribution in [3.8, 4) is 0 Å². The molecular formula is C12H14N2O2S. The van der Waals surface area contributed by atoms with Gasteiger partial charge in [0.2, 0.25) is 0 Å². The Morgan fingerprint density at radius 1 is 1.47 bits per heavy atom. The first kappa shape index (κ1) is 11.1. The standard InChI is InChI=1S/C12H14N2O2S/c1-12(16)10(6-7-15)17-11-13-8-4-2-3-5-9(8)14(11)12/h2-5,10,15-16H,6-7H2,1H3. The van der Waals surface area contributed by atoms with Crippen molar-refractivity contribution in [3.05, 3.63) is 24.3 Å². The van der Waals surface area contributed by atoms with Gasteiger partial charge in [-0.1, -0.05) is 23.9 Å². The first-order chi connectivity index (χ1) is 8.14. The van der Waals surface area contributed by atoms with Gasteiger partial charge >= 0.3 is 0 Å². The number of nitrogens with zero attached hydrogens (tertiary/aromatic N) is 2. The molecule has 0 spiro atoms. The molecule has 0 amide bonds. The van der Waals surface area contributed by atoms with Crippen LogP contribution in [0.25, 0.3) is 11.0 Å². The van der Waals surface area contributed by atoms with E-state index >= 15 is 0 Å². The minimum Gasteiger partial charge on any atom is -0.396 e. The fourth-order valence-electron chi connectivity index (χ4n) is 2.35. The van der Waals surface area contributed by atoms with E-state index in [-0.39, 0.29) is 11.9 Å². The Kier molecular flexibility index (Phi) is 2.43. The molecule has 3 rings (SSSR count). The molecule has 0 fully saturated rings. The average Bonchev–Trinajstić information content (AvgIpc) is 2.76. The molecule has 0 bridgehead atoms. The normalized spacial score (nSPS) is 27.6. The Hall–Kier alpha value is -1.04. The number of aliphatic hydroxyl groups is 2. The molecule has 1 aromatic heterocycles. The fourth-order valence-corrected chi connectivity index (χ4v) is 3.70. The van der Waals surface area contributed by atoms with Crippen LogP contribution in [0.3, 0.4) is 0 Å². The molecule has 1 aliphatic heterocycles. The highest BCUT2D eigenvalue weighted by Gasteiger charge is 2.43. The molecule has 0 radical (unpaired) electrons. The molecule has 2 atom stereocenters. The van der Waals surface area contributed by atoms with Crippen LogP contribution in [0.1, 0.15) is 13.3 Å². The zero-order valence-corrected chi connectivity index (χ0v) is 10.3. The zero-order chi connectivity index (χ0) is 12.0. The summed E-state index contributed by atoms with van der Waals surface area (Å²) in [6, 6.07) is 7.79. The lowest BCUT2D eigenvalue weighted by molar-refractivity contribution is -0.0208. The Morgan fingerprint density at radius 3 is 3.00 bits per heavy atom. The van der Waals surface area contributed by atoms with E-state index in [2.05, 4.69) is 4.98 Å². The lowest BCUT2D eigenvalue weighted by Crippen LogP contribution is -2.36. The molecule has 5 heteroatoms. The maximum absolute atomic E-state index is 10.6. The van der Waals surface area contributed by atoms with E-state index in [0.717, 1.165) is 16.2 Å². The maximum atomic E-state index is 10.6. The van der Waals surface area contributed by atoms with Gasteiger partial charge in [0, 0.05) is 6.61 Å². The summed E-state index contributed by atoms with van der Waals surface area (Å²) in [5.74, 6) is 0. The molecule has 0 saturated heterocycles. The molecular weight excluding hydrogens is 236 g/mol. The highest BCUT2D eigenvalue weighted by Crippen LogP contribution is 2.45. The number of thioether (sulfide) groups is 1. The van der Waals surface area contributed by atoms with Crippen molar-refractivity contribution in [2.24, 2.45) is 0 Å². The van der Waals surface area contributed by atoms with Gasteiger partial charge in [-0.05, 0) is 25.5 Å². The van der Waals surface area contributed by atoms with Gasteiger partial charge < -0.3 is 10.2 Å². The van der Waals surface area contributed by atoms with Crippen LogP contribution in [0.2, 0.25) is 0 Å². The molecule has 0 aliphatic carbocycles. The predicted octanol–water partition coefficient (Wildman–Crippen LogP) is 1.56. The van der Waals surface area contributed by atoms with Crippen molar-refractivity contribution in [2.45, 2.75) is 29.5 Å².